The number of nitrogens with zero attached hydrogens (tertiary/aromatic N) is 7. The number of rotatable bonds is 6. The standard InChI is InChI=1S/C18H29N9.HI/c1-5-8-19-18(20-11-17-24-23-14(2)26(17)4)22-15-7-6-9-27(12-15)16-10-21-25(3)13-16;/h5,10,13,15H,1,6-9,11-12H2,2-4H3,(H2,19,20,22);1H. The SMILES string of the molecule is C=CCNC(=NCc1nnc(C)n1C)NC1CCCN(c2cnn(C)c2)C1.I. The number of guanidine groups is 1. The van der Waals surface area contributed by atoms with Crippen LogP contribution in [0.1, 0.15) is 24.5 Å². The number of aliphatic imine (C=N–C) groups is 1. The van der Waals surface area contributed by atoms with Crippen LogP contribution in [-0.2, 0) is 20.6 Å². The molecule has 0 spiro atoms. The lowest BCUT2D eigenvalue weighted by Gasteiger charge is -2.34. The number of halogens is 1. The zero-order chi connectivity index (χ0) is 19.2. The fourth-order valence-electron chi connectivity index (χ4n) is 3.15. The Hall–Kier alpha value is -2.11. The van der Waals surface area contributed by atoms with Gasteiger partial charge in [-0.2, -0.15) is 5.10 Å². The smallest absolute Gasteiger partial charge is 0.192 e. The lowest BCUT2D eigenvalue weighted by Crippen LogP contribution is -2.51. The number of hydrogen-bond donors (Lipinski definition) is 2. The van der Waals surface area contributed by atoms with Crippen molar-refractivity contribution in [2.75, 3.05) is 24.5 Å². The van der Waals surface area contributed by atoms with Gasteiger partial charge in [-0.3, -0.25) is 4.68 Å². The average molecular weight is 499 g/mol. The summed E-state index contributed by atoms with van der Waals surface area (Å²) in [7, 11) is 3.90. The number of nitrogens with one attached hydrogen (secondary N) is 2. The summed E-state index contributed by atoms with van der Waals surface area (Å²) in [6.45, 7) is 8.82. The van der Waals surface area contributed by atoms with Crippen molar-refractivity contribution in [2.24, 2.45) is 19.1 Å². The molecule has 1 aliphatic heterocycles. The van der Waals surface area contributed by atoms with E-state index in [0.29, 0.717) is 19.1 Å². The van der Waals surface area contributed by atoms with Gasteiger partial charge in [0.1, 0.15) is 12.4 Å². The molecular formula is C18H30IN9. The highest BCUT2D eigenvalue weighted by molar-refractivity contribution is 14.0. The maximum atomic E-state index is 4.69. The lowest BCUT2D eigenvalue weighted by atomic mass is 10.1. The van der Waals surface area contributed by atoms with Crippen LogP contribution in [-0.4, -0.2) is 56.2 Å². The van der Waals surface area contributed by atoms with Crippen molar-refractivity contribution in [3.05, 3.63) is 36.7 Å². The molecule has 1 unspecified atom stereocenters. The lowest BCUT2D eigenvalue weighted by molar-refractivity contribution is 0.468. The van der Waals surface area contributed by atoms with Crippen LogP contribution in [0.4, 0.5) is 5.69 Å². The molecule has 1 atom stereocenters. The van der Waals surface area contributed by atoms with Gasteiger partial charge in [-0.05, 0) is 19.8 Å². The highest BCUT2D eigenvalue weighted by Crippen LogP contribution is 2.18. The molecule has 9 nitrogen and oxygen atoms in total. The number of piperidine rings is 1. The van der Waals surface area contributed by atoms with Gasteiger partial charge in [0.15, 0.2) is 11.8 Å². The highest BCUT2D eigenvalue weighted by atomic mass is 127. The van der Waals surface area contributed by atoms with E-state index in [0.717, 1.165) is 49.2 Å². The summed E-state index contributed by atoms with van der Waals surface area (Å²) in [5.74, 6) is 2.49. The van der Waals surface area contributed by atoms with Crippen molar-refractivity contribution in [3.63, 3.8) is 0 Å². The van der Waals surface area contributed by atoms with Gasteiger partial charge in [0.25, 0.3) is 0 Å². The Morgan fingerprint density at radius 2 is 2.21 bits per heavy atom. The molecule has 2 aromatic heterocycles. The Balaban J connectivity index is 0.00000280. The molecule has 0 radical (unpaired) electrons. The first-order valence-corrected chi connectivity index (χ1v) is 9.31. The second kappa shape index (κ2) is 10.4. The monoisotopic (exact) mass is 499 g/mol. The third kappa shape index (κ3) is 5.69. The molecule has 154 valence electrons. The number of anilines is 1. The largest absolute Gasteiger partial charge is 0.367 e. The van der Waals surface area contributed by atoms with Crippen LogP contribution in [0.3, 0.4) is 0 Å². The fraction of sp³-hybridized carbons (Fsp3) is 0.556. The Labute approximate surface area is 183 Å². The molecule has 2 N–H and O–H groups in total. The van der Waals surface area contributed by atoms with Gasteiger partial charge in [0.05, 0.1) is 11.9 Å². The summed E-state index contributed by atoms with van der Waals surface area (Å²) < 4.78 is 3.80. The summed E-state index contributed by atoms with van der Waals surface area (Å²) in [5, 5.41) is 19.4. The minimum absolute atomic E-state index is 0. The number of aryl methyl sites for hydroxylation is 2. The fourth-order valence-corrected chi connectivity index (χ4v) is 3.15. The van der Waals surface area contributed by atoms with Crippen molar-refractivity contribution in [1.82, 2.24) is 35.2 Å². The zero-order valence-electron chi connectivity index (χ0n) is 16.8. The van der Waals surface area contributed by atoms with E-state index < -0.39 is 0 Å². The molecule has 0 bridgehead atoms. The van der Waals surface area contributed by atoms with Crippen molar-refractivity contribution in [1.29, 1.82) is 0 Å². The molecule has 2 aromatic rings. The van der Waals surface area contributed by atoms with Crippen LogP contribution < -0.4 is 15.5 Å². The molecule has 3 heterocycles. The maximum absolute atomic E-state index is 4.69. The zero-order valence-corrected chi connectivity index (χ0v) is 19.1. The predicted molar refractivity (Wildman–Crippen MR) is 122 cm³/mol. The summed E-state index contributed by atoms with van der Waals surface area (Å²) in [6, 6.07) is 0.316. The Morgan fingerprint density at radius 3 is 2.86 bits per heavy atom. The molecule has 1 fully saturated rings. The number of aromatic nitrogens is 5. The van der Waals surface area contributed by atoms with Gasteiger partial charge < -0.3 is 20.1 Å². The van der Waals surface area contributed by atoms with Crippen molar-refractivity contribution in [2.45, 2.75) is 32.4 Å². The van der Waals surface area contributed by atoms with Gasteiger partial charge in [0.2, 0.25) is 0 Å². The number of hydrogen-bond acceptors (Lipinski definition) is 5. The summed E-state index contributed by atoms with van der Waals surface area (Å²) in [4.78, 5) is 7.06. The van der Waals surface area contributed by atoms with E-state index in [2.05, 4.69) is 48.6 Å². The van der Waals surface area contributed by atoms with E-state index in [1.54, 1.807) is 0 Å². The average Bonchev–Trinajstić information content (AvgIpc) is 3.24. The molecule has 0 aromatic carbocycles. The third-order valence-electron chi connectivity index (χ3n) is 4.79. The minimum atomic E-state index is 0. The van der Waals surface area contributed by atoms with Gasteiger partial charge in [0, 0.05) is 46.0 Å². The van der Waals surface area contributed by atoms with E-state index >= 15 is 0 Å². The molecule has 0 aliphatic carbocycles. The van der Waals surface area contributed by atoms with Gasteiger partial charge >= 0.3 is 0 Å². The Morgan fingerprint density at radius 1 is 1.39 bits per heavy atom. The highest BCUT2D eigenvalue weighted by Gasteiger charge is 2.22. The van der Waals surface area contributed by atoms with E-state index in [-0.39, 0.29) is 24.0 Å². The van der Waals surface area contributed by atoms with E-state index in [1.165, 1.54) is 0 Å². The van der Waals surface area contributed by atoms with Crippen LogP contribution in [0.15, 0.2) is 30.0 Å². The predicted octanol–water partition coefficient (Wildman–Crippen LogP) is 1.37. The van der Waals surface area contributed by atoms with E-state index in [9.17, 15) is 0 Å². The van der Waals surface area contributed by atoms with Crippen molar-refractivity contribution in [3.8, 4) is 0 Å². The Kier molecular flexibility index (Phi) is 8.27. The molecule has 3 rings (SSSR count). The van der Waals surface area contributed by atoms with Crippen LogP contribution in [0.5, 0.6) is 0 Å². The van der Waals surface area contributed by atoms with Crippen LogP contribution in [0.2, 0.25) is 0 Å². The molecule has 1 aliphatic rings. The molecule has 10 heteroatoms. The molecule has 1 saturated heterocycles. The van der Waals surface area contributed by atoms with Gasteiger partial charge in [-0.1, -0.05) is 6.08 Å². The molecule has 28 heavy (non-hydrogen) atoms. The quantitative estimate of drug-likeness (QED) is 0.270. The minimum Gasteiger partial charge on any atom is -0.367 e. The first kappa shape index (κ1) is 22.2. The maximum Gasteiger partial charge on any atom is 0.192 e. The normalized spacial score (nSPS) is 17.2. The molecule has 0 amide bonds. The summed E-state index contributed by atoms with van der Waals surface area (Å²) in [6.07, 6.45) is 8.04. The van der Waals surface area contributed by atoms with Crippen LogP contribution in [0.25, 0.3) is 0 Å². The van der Waals surface area contributed by atoms with Crippen LogP contribution in [0, 0.1) is 6.92 Å². The van der Waals surface area contributed by atoms with Crippen molar-refractivity contribution < 1.29 is 0 Å². The first-order valence-electron chi connectivity index (χ1n) is 9.31. The first-order chi connectivity index (χ1) is 13.1. The second-order valence-electron chi connectivity index (χ2n) is 6.86. The van der Waals surface area contributed by atoms with Gasteiger partial charge in [-0.15, -0.1) is 40.8 Å². The topological polar surface area (TPSA) is 88.2 Å². The summed E-state index contributed by atoms with van der Waals surface area (Å²) >= 11 is 0. The second-order valence-corrected chi connectivity index (χ2v) is 6.86. The Bertz CT molecular complexity index is 795. The summed E-state index contributed by atoms with van der Waals surface area (Å²) in [5.41, 5.74) is 1.16. The van der Waals surface area contributed by atoms with E-state index in [4.69, 9.17) is 0 Å². The van der Waals surface area contributed by atoms with Gasteiger partial charge in [-0.25, -0.2) is 4.99 Å². The third-order valence-corrected chi connectivity index (χ3v) is 4.79. The van der Waals surface area contributed by atoms with Crippen molar-refractivity contribution >= 4 is 35.6 Å². The molecule has 0 saturated carbocycles. The molecular weight excluding hydrogens is 469 g/mol. The van der Waals surface area contributed by atoms with Crippen LogP contribution >= 0.6 is 24.0 Å². The van der Waals surface area contributed by atoms with E-state index in [1.807, 2.05) is 42.5 Å².